The van der Waals surface area contributed by atoms with E-state index in [1.807, 2.05) is 0 Å². The monoisotopic (exact) mass is 615 g/mol. The van der Waals surface area contributed by atoms with Gasteiger partial charge in [0, 0.05) is 5.88 Å². The molecule has 0 aromatic heterocycles. The van der Waals surface area contributed by atoms with E-state index in [4.69, 9.17) is 11.6 Å². The van der Waals surface area contributed by atoms with E-state index in [1.165, 1.54) is 238 Å². The second-order valence-electron chi connectivity index (χ2n) is 13.5. The summed E-state index contributed by atoms with van der Waals surface area (Å²) in [6.07, 6.45) is 53.9. The largest absolute Gasteiger partial charge is 0.179 e. The molecule has 0 aromatic rings. The molecule has 0 aliphatic rings. The second-order valence-corrected chi connectivity index (χ2v) is 14.3. The van der Waals surface area contributed by atoms with Crippen molar-refractivity contribution >= 4 is 24.2 Å². The van der Waals surface area contributed by atoms with Gasteiger partial charge in [-0.15, -0.1) is 11.6 Å². The van der Waals surface area contributed by atoms with E-state index >= 15 is 0 Å². The van der Waals surface area contributed by atoms with E-state index in [-0.39, 0.29) is 0 Å². The van der Waals surface area contributed by atoms with Crippen molar-refractivity contribution in [2.75, 3.05) is 11.6 Å². The summed E-state index contributed by atoms with van der Waals surface area (Å²) in [4.78, 5) is 0. The van der Waals surface area contributed by atoms with E-state index in [0.29, 0.717) is 0 Å². The molecule has 0 aliphatic heterocycles. The van der Waals surface area contributed by atoms with Crippen LogP contribution in [0.2, 0.25) is 0 Å². The number of unbranched alkanes of at least 4 members (excludes halogenated alkanes) is 36. The summed E-state index contributed by atoms with van der Waals surface area (Å²) >= 11 is 10.0. The lowest BCUT2D eigenvalue weighted by molar-refractivity contribution is 0.510. The van der Waals surface area contributed by atoms with Gasteiger partial charge < -0.3 is 0 Å². The minimum Gasteiger partial charge on any atom is -0.179 e. The maximum atomic E-state index is 5.73. The third-order valence-corrected chi connectivity index (χ3v) is 9.88. The predicted octanol–water partition coefficient (Wildman–Crippen LogP) is 15.6. The van der Waals surface area contributed by atoms with E-state index in [0.717, 1.165) is 11.6 Å². The van der Waals surface area contributed by atoms with Gasteiger partial charge in [0.2, 0.25) is 0 Å². The average Bonchev–Trinajstić information content (AvgIpc) is 2.98. The van der Waals surface area contributed by atoms with Crippen molar-refractivity contribution in [1.29, 1.82) is 0 Å². The van der Waals surface area contributed by atoms with Gasteiger partial charge in [0.15, 0.2) is 0 Å². The Bertz CT molecular complexity index is 388. The average molecular weight is 616 g/mol. The number of thiol groups is 1. The summed E-state index contributed by atoms with van der Waals surface area (Å²) in [6, 6.07) is 0. The summed E-state index contributed by atoms with van der Waals surface area (Å²) in [6.45, 7) is 0. The Morgan fingerprint density at radius 3 is 0.439 bits per heavy atom. The fraction of sp³-hybridized carbons (Fsp3) is 1.00. The van der Waals surface area contributed by atoms with Gasteiger partial charge in [-0.2, -0.15) is 12.6 Å². The topological polar surface area (TPSA) is 0 Å². The molecule has 0 saturated heterocycles. The first kappa shape index (κ1) is 41.6. The lowest BCUT2D eigenvalue weighted by Crippen LogP contribution is -1.85. The predicted molar refractivity (Wildman–Crippen MR) is 195 cm³/mol. The number of hydrogen-bond donors (Lipinski definition) is 1. The molecule has 0 aromatic carbocycles. The Morgan fingerprint density at radius 2 is 0.317 bits per heavy atom. The minimum absolute atomic E-state index is 0.846. The van der Waals surface area contributed by atoms with Crippen molar-refractivity contribution < 1.29 is 0 Å². The zero-order valence-electron chi connectivity index (χ0n) is 28.4. The van der Waals surface area contributed by atoms with E-state index in [9.17, 15) is 0 Å². The molecule has 0 spiro atoms. The van der Waals surface area contributed by atoms with Gasteiger partial charge in [0.25, 0.3) is 0 Å². The molecule has 0 atom stereocenters. The highest BCUT2D eigenvalue weighted by molar-refractivity contribution is 7.80. The normalized spacial score (nSPS) is 11.6. The maximum absolute atomic E-state index is 5.73. The Balaban J connectivity index is 3.02. The van der Waals surface area contributed by atoms with Gasteiger partial charge in [0.05, 0.1) is 0 Å². The molecule has 0 radical (unpaired) electrons. The van der Waals surface area contributed by atoms with E-state index in [2.05, 4.69) is 12.6 Å². The molecule has 0 aliphatic carbocycles. The highest BCUT2D eigenvalue weighted by Gasteiger charge is 1.97. The molecule has 0 amide bonds. The van der Waals surface area contributed by atoms with Gasteiger partial charge in [-0.3, -0.25) is 0 Å². The molecule has 248 valence electrons. The molecule has 0 saturated carbocycles. The van der Waals surface area contributed by atoms with Crippen molar-refractivity contribution in [2.24, 2.45) is 0 Å². The van der Waals surface area contributed by atoms with Crippen molar-refractivity contribution in [3.8, 4) is 0 Å². The molecule has 0 N–H and O–H groups in total. The number of hydrogen-bond acceptors (Lipinski definition) is 1. The van der Waals surface area contributed by atoms with Crippen LogP contribution in [0.1, 0.15) is 238 Å². The van der Waals surface area contributed by atoms with Gasteiger partial charge in [-0.05, 0) is 18.6 Å². The zero-order chi connectivity index (χ0) is 29.6. The summed E-state index contributed by atoms with van der Waals surface area (Å²) in [5.74, 6) is 1.91. The van der Waals surface area contributed by atoms with Crippen LogP contribution in [0.5, 0.6) is 0 Å². The van der Waals surface area contributed by atoms with Crippen molar-refractivity contribution in [3.63, 3.8) is 0 Å². The third-order valence-electron chi connectivity index (χ3n) is 9.29. The third kappa shape index (κ3) is 40.6. The lowest BCUT2D eigenvalue weighted by atomic mass is 10.0. The Hall–Kier alpha value is 0.640. The SMILES string of the molecule is SCCCCCCCCCCCCCCCCCCCCCCCCCCCCCCCCCCCCCCCCl. The molecular formula is C39H79ClS. The van der Waals surface area contributed by atoms with Crippen LogP contribution in [0.3, 0.4) is 0 Å². The number of halogens is 1. The Labute approximate surface area is 272 Å². The van der Waals surface area contributed by atoms with Crippen LogP contribution in [-0.2, 0) is 0 Å². The van der Waals surface area contributed by atoms with Crippen LogP contribution >= 0.6 is 24.2 Å². The van der Waals surface area contributed by atoms with Crippen LogP contribution in [0.15, 0.2) is 0 Å². The Kier molecular flexibility index (Phi) is 41.3. The van der Waals surface area contributed by atoms with Gasteiger partial charge in [0.1, 0.15) is 0 Å². The van der Waals surface area contributed by atoms with Crippen LogP contribution in [0.25, 0.3) is 0 Å². The first-order chi connectivity index (χ1) is 20.4. The molecule has 0 fully saturated rings. The molecule has 2 heteroatoms. The summed E-state index contributed by atoms with van der Waals surface area (Å²) in [7, 11) is 0. The molecule has 0 rings (SSSR count). The lowest BCUT2D eigenvalue weighted by Gasteiger charge is -2.05. The highest BCUT2D eigenvalue weighted by atomic mass is 35.5. The molecule has 0 nitrogen and oxygen atoms in total. The van der Waals surface area contributed by atoms with Crippen molar-refractivity contribution in [2.45, 2.75) is 238 Å². The van der Waals surface area contributed by atoms with Crippen LogP contribution in [-0.4, -0.2) is 11.6 Å². The first-order valence-electron chi connectivity index (χ1n) is 19.6. The fourth-order valence-corrected chi connectivity index (χ4v) is 6.81. The molecular weight excluding hydrogens is 536 g/mol. The maximum Gasteiger partial charge on any atom is 0.0223 e. The van der Waals surface area contributed by atoms with Crippen LogP contribution in [0.4, 0.5) is 0 Å². The number of rotatable bonds is 38. The van der Waals surface area contributed by atoms with Crippen LogP contribution in [0, 0.1) is 0 Å². The molecule has 0 bridgehead atoms. The number of alkyl halides is 1. The van der Waals surface area contributed by atoms with Crippen molar-refractivity contribution in [1.82, 2.24) is 0 Å². The zero-order valence-corrected chi connectivity index (χ0v) is 30.1. The summed E-state index contributed by atoms with van der Waals surface area (Å²) in [5, 5.41) is 0. The first-order valence-corrected chi connectivity index (χ1v) is 20.8. The fourth-order valence-electron chi connectivity index (χ4n) is 6.39. The standard InChI is InChI=1S/C39H79ClS/c40-38-36-34-32-30-28-26-24-22-20-18-16-14-12-10-8-6-4-2-1-3-5-7-9-11-13-15-17-19-21-23-25-27-29-31-33-35-37-39-41/h41H,1-39H2. The molecule has 0 unspecified atom stereocenters. The van der Waals surface area contributed by atoms with E-state index < -0.39 is 0 Å². The molecule has 0 heterocycles. The second kappa shape index (κ2) is 40.6. The highest BCUT2D eigenvalue weighted by Crippen LogP contribution is 2.17. The van der Waals surface area contributed by atoms with Crippen LogP contribution < -0.4 is 0 Å². The quantitative estimate of drug-likeness (QED) is 0.0399. The molecule has 41 heavy (non-hydrogen) atoms. The van der Waals surface area contributed by atoms with Crippen molar-refractivity contribution in [3.05, 3.63) is 0 Å². The van der Waals surface area contributed by atoms with Gasteiger partial charge in [-0.1, -0.05) is 225 Å². The Morgan fingerprint density at radius 1 is 0.195 bits per heavy atom. The van der Waals surface area contributed by atoms with E-state index in [1.54, 1.807) is 0 Å². The summed E-state index contributed by atoms with van der Waals surface area (Å²) < 4.78 is 0. The minimum atomic E-state index is 0.846. The smallest absolute Gasteiger partial charge is 0.0223 e. The summed E-state index contributed by atoms with van der Waals surface area (Å²) in [5.41, 5.74) is 0. The van der Waals surface area contributed by atoms with Gasteiger partial charge in [-0.25, -0.2) is 0 Å². The van der Waals surface area contributed by atoms with Gasteiger partial charge >= 0.3 is 0 Å².